The van der Waals surface area contributed by atoms with E-state index in [2.05, 4.69) is 10.6 Å². The predicted molar refractivity (Wildman–Crippen MR) is 76.1 cm³/mol. The molecule has 6 nitrogen and oxygen atoms in total. The third kappa shape index (κ3) is 2.52. The highest BCUT2D eigenvalue weighted by Crippen LogP contribution is 2.24. The predicted octanol–water partition coefficient (Wildman–Crippen LogP) is 0.510. The molecule has 0 radical (unpaired) electrons. The van der Waals surface area contributed by atoms with Crippen molar-refractivity contribution in [3.8, 4) is 0 Å². The molecule has 0 bridgehead atoms. The molecule has 0 saturated carbocycles. The summed E-state index contributed by atoms with van der Waals surface area (Å²) in [6.07, 6.45) is 3.67. The van der Waals surface area contributed by atoms with Crippen molar-refractivity contribution in [1.82, 2.24) is 15.5 Å². The minimum absolute atomic E-state index is 0.162. The van der Waals surface area contributed by atoms with Crippen molar-refractivity contribution in [3.63, 3.8) is 0 Å². The lowest BCUT2D eigenvalue weighted by molar-refractivity contribution is -0.126. The lowest BCUT2D eigenvalue weighted by Gasteiger charge is -2.20. The van der Waals surface area contributed by atoms with Gasteiger partial charge in [-0.3, -0.25) is 14.9 Å². The van der Waals surface area contributed by atoms with Gasteiger partial charge in [-0.05, 0) is 18.1 Å². The highest BCUT2D eigenvalue weighted by molar-refractivity contribution is 6.08. The zero-order valence-corrected chi connectivity index (χ0v) is 11.3. The zero-order valence-electron chi connectivity index (χ0n) is 11.3. The standard InChI is InChI=1S/C15H15N3O3/c19-12(7-6-11-4-2-1-3-5-11)18-9-8-15(10-18)13(20)16-14(21)17-15/h1-7H,8-10H2,(H2,16,17,20,21)/b7-6+. The summed E-state index contributed by atoms with van der Waals surface area (Å²) in [6.45, 7) is 0.661. The van der Waals surface area contributed by atoms with Crippen LogP contribution < -0.4 is 10.6 Å². The molecule has 0 aliphatic carbocycles. The summed E-state index contributed by atoms with van der Waals surface area (Å²) < 4.78 is 0. The number of likely N-dealkylation sites (tertiary alicyclic amines) is 1. The molecule has 1 aromatic carbocycles. The molecule has 1 unspecified atom stereocenters. The topological polar surface area (TPSA) is 78.5 Å². The quantitative estimate of drug-likeness (QED) is 0.614. The summed E-state index contributed by atoms with van der Waals surface area (Å²) in [5, 5.41) is 4.84. The second-order valence-corrected chi connectivity index (χ2v) is 5.24. The number of imide groups is 1. The Hall–Kier alpha value is -2.63. The Bertz CT molecular complexity index is 626. The van der Waals surface area contributed by atoms with Gasteiger partial charge in [-0.2, -0.15) is 0 Å². The molecule has 108 valence electrons. The van der Waals surface area contributed by atoms with E-state index in [4.69, 9.17) is 0 Å². The lowest BCUT2D eigenvalue weighted by atomic mass is 10.00. The molecule has 2 aliphatic heterocycles. The molecule has 2 aliphatic rings. The van der Waals surface area contributed by atoms with E-state index >= 15 is 0 Å². The molecule has 1 atom stereocenters. The molecule has 1 aromatic rings. The molecule has 3 rings (SSSR count). The maximum atomic E-state index is 12.1. The van der Waals surface area contributed by atoms with E-state index in [-0.39, 0.29) is 18.4 Å². The van der Waals surface area contributed by atoms with Crippen LogP contribution in [-0.2, 0) is 9.59 Å². The van der Waals surface area contributed by atoms with Crippen molar-refractivity contribution in [2.24, 2.45) is 0 Å². The summed E-state index contributed by atoms with van der Waals surface area (Å²) in [5.41, 5.74) is -0.0143. The SMILES string of the molecule is O=C1NC(=O)C2(CCN(C(=O)/C=C/c3ccccc3)C2)N1. The van der Waals surface area contributed by atoms with Gasteiger partial charge in [0.25, 0.3) is 5.91 Å². The van der Waals surface area contributed by atoms with Crippen LogP contribution in [0.25, 0.3) is 6.08 Å². The van der Waals surface area contributed by atoms with Gasteiger partial charge >= 0.3 is 6.03 Å². The first kappa shape index (κ1) is 13.4. The zero-order chi connectivity index (χ0) is 14.9. The normalized spacial score (nSPS) is 24.7. The average Bonchev–Trinajstić information content (AvgIpc) is 3.02. The Labute approximate surface area is 121 Å². The van der Waals surface area contributed by atoms with E-state index in [9.17, 15) is 14.4 Å². The second-order valence-electron chi connectivity index (χ2n) is 5.24. The monoisotopic (exact) mass is 285 g/mol. The average molecular weight is 285 g/mol. The van der Waals surface area contributed by atoms with Crippen LogP contribution >= 0.6 is 0 Å². The fourth-order valence-corrected chi connectivity index (χ4v) is 2.65. The van der Waals surface area contributed by atoms with Crippen molar-refractivity contribution in [3.05, 3.63) is 42.0 Å². The third-order valence-corrected chi connectivity index (χ3v) is 3.81. The van der Waals surface area contributed by atoms with Crippen molar-refractivity contribution >= 4 is 23.9 Å². The van der Waals surface area contributed by atoms with Gasteiger partial charge in [-0.25, -0.2) is 4.79 Å². The summed E-state index contributed by atoms with van der Waals surface area (Å²) in [7, 11) is 0. The van der Waals surface area contributed by atoms with Crippen LogP contribution in [0.5, 0.6) is 0 Å². The Morgan fingerprint density at radius 3 is 2.67 bits per heavy atom. The molecular formula is C15H15N3O3. The Morgan fingerprint density at radius 2 is 2.00 bits per heavy atom. The molecule has 2 N–H and O–H groups in total. The smallest absolute Gasteiger partial charge is 0.322 e. The number of nitrogens with one attached hydrogen (secondary N) is 2. The number of rotatable bonds is 2. The van der Waals surface area contributed by atoms with Crippen LogP contribution in [0.15, 0.2) is 36.4 Å². The number of benzene rings is 1. The molecular weight excluding hydrogens is 270 g/mol. The molecule has 6 heteroatoms. The maximum Gasteiger partial charge on any atom is 0.322 e. The highest BCUT2D eigenvalue weighted by atomic mass is 16.2. The summed E-state index contributed by atoms with van der Waals surface area (Å²) in [4.78, 5) is 36.8. The number of amides is 4. The number of hydrogen-bond acceptors (Lipinski definition) is 3. The minimum atomic E-state index is -0.951. The van der Waals surface area contributed by atoms with Crippen LogP contribution in [0.3, 0.4) is 0 Å². The second kappa shape index (κ2) is 5.05. The fourth-order valence-electron chi connectivity index (χ4n) is 2.65. The van der Waals surface area contributed by atoms with Crippen molar-refractivity contribution in [2.75, 3.05) is 13.1 Å². The van der Waals surface area contributed by atoms with Crippen molar-refractivity contribution in [1.29, 1.82) is 0 Å². The van der Waals surface area contributed by atoms with E-state index in [1.165, 1.54) is 6.08 Å². The number of nitrogens with zero attached hydrogens (tertiary/aromatic N) is 1. The van der Waals surface area contributed by atoms with Crippen LogP contribution in [0.2, 0.25) is 0 Å². The summed E-state index contributed by atoms with van der Waals surface area (Å²) >= 11 is 0. The van der Waals surface area contributed by atoms with Crippen LogP contribution in [0, 0.1) is 0 Å². The summed E-state index contributed by atoms with van der Waals surface area (Å²) in [5.74, 6) is -0.514. The molecule has 2 saturated heterocycles. The lowest BCUT2D eigenvalue weighted by Crippen LogP contribution is -2.49. The van der Waals surface area contributed by atoms with Crippen LogP contribution in [0.4, 0.5) is 4.79 Å². The van der Waals surface area contributed by atoms with Gasteiger partial charge in [-0.1, -0.05) is 30.3 Å². The van der Waals surface area contributed by atoms with Crippen molar-refractivity contribution < 1.29 is 14.4 Å². The van der Waals surface area contributed by atoms with Gasteiger partial charge in [0, 0.05) is 12.6 Å². The Kier molecular flexibility index (Phi) is 3.21. The fraction of sp³-hybridized carbons (Fsp3) is 0.267. The third-order valence-electron chi connectivity index (χ3n) is 3.81. The minimum Gasteiger partial charge on any atom is -0.336 e. The van der Waals surface area contributed by atoms with E-state index in [0.29, 0.717) is 13.0 Å². The molecule has 2 fully saturated rings. The van der Waals surface area contributed by atoms with E-state index < -0.39 is 11.6 Å². The highest BCUT2D eigenvalue weighted by Gasteiger charge is 2.51. The molecule has 2 heterocycles. The Morgan fingerprint density at radius 1 is 1.24 bits per heavy atom. The van der Waals surface area contributed by atoms with E-state index in [0.717, 1.165) is 5.56 Å². The van der Waals surface area contributed by atoms with Crippen LogP contribution in [0.1, 0.15) is 12.0 Å². The molecule has 4 amide bonds. The maximum absolute atomic E-state index is 12.1. The Balaban J connectivity index is 1.66. The van der Waals surface area contributed by atoms with Crippen molar-refractivity contribution in [2.45, 2.75) is 12.0 Å². The number of urea groups is 1. The number of carbonyl (C=O) groups excluding carboxylic acids is 3. The van der Waals surface area contributed by atoms with Gasteiger partial charge in [0.1, 0.15) is 5.54 Å². The number of hydrogen-bond donors (Lipinski definition) is 2. The first-order valence-corrected chi connectivity index (χ1v) is 6.75. The van der Waals surface area contributed by atoms with Gasteiger partial charge < -0.3 is 10.2 Å². The first-order chi connectivity index (χ1) is 10.1. The molecule has 1 spiro atoms. The molecule has 0 aromatic heterocycles. The molecule has 21 heavy (non-hydrogen) atoms. The largest absolute Gasteiger partial charge is 0.336 e. The van der Waals surface area contributed by atoms with Gasteiger partial charge in [0.05, 0.1) is 6.54 Å². The van der Waals surface area contributed by atoms with E-state index in [1.54, 1.807) is 11.0 Å². The first-order valence-electron chi connectivity index (χ1n) is 6.75. The van der Waals surface area contributed by atoms with Gasteiger partial charge in [0.2, 0.25) is 5.91 Å². The number of carbonyl (C=O) groups is 3. The van der Waals surface area contributed by atoms with Gasteiger partial charge in [0.15, 0.2) is 0 Å². The van der Waals surface area contributed by atoms with Gasteiger partial charge in [-0.15, -0.1) is 0 Å². The van der Waals surface area contributed by atoms with Crippen LogP contribution in [-0.4, -0.2) is 41.4 Å². The van der Waals surface area contributed by atoms with E-state index in [1.807, 2.05) is 30.3 Å². The summed E-state index contributed by atoms with van der Waals surface area (Å²) in [6, 6.07) is 9.01.